The van der Waals surface area contributed by atoms with Crippen molar-refractivity contribution in [1.29, 1.82) is 0 Å². The first-order chi connectivity index (χ1) is 10.6. The van der Waals surface area contributed by atoms with E-state index >= 15 is 0 Å². The quantitative estimate of drug-likeness (QED) is 0.826. The number of hydrogen-bond donors (Lipinski definition) is 0. The molecule has 1 amide bonds. The molecule has 3 nitrogen and oxygen atoms in total. The standard InChI is InChI=1S/C18H17ClN2O/c1-12-17(14-7-4-3-5-8-14)18(22)21(20-12)13(2)15-9-6-10-16(19)11-15/h3-11,13,17H,1-2H3. The van der Waals surface area contributed by atoms with E-state index in [-0.39, 0.29) is 17.9 Å². The summed E-state index contributed by atoms with van der Waals surface area (Å²) < 4.78 is 0. The van der Waals surface area contributed by atoms with E-state index in [0.717, 1.165) is 16.8 Å². The van der Waals surface area contributed by atoms with E-state index in [2.05, 4.69) is 5.10 Å². The molecule has 0 aliphatic carbocycles. The molecular formula is C18H17ClN2O. The summed E-state index contributed by atoms with van der Waals surface area (Å²) in [5.41, 5.74) is 2.78. The van der Waals surface area contributed by atoms with Crippen LogP contribution in [0.25, 0.3) is 0 Å². The third kappa shape index (κ3) is 2.64. The minimum absolute atomic E-state index is 0.0103. The van der Waals surface area contributed by atoms with Gasteiger partial charge in [0.2, 0.25) is 0 Å². The van der Waals surface area contributed by atoms with Crippen LogP contribution in [0.4, 0.5) is 0 Å². The zero-order valence-corrected chi connectivity index (χ0v) is 13.3. The number of rotatable bonds is 3. The van der Waals surface area contributed by atoms with Crippen molar-refractivity contribution in [2.75, 3.05) is 0 Å². The average Bonchev–Trinajstić information content (AvgIpc) is 2.82. The van der Waals surface area contributed by atoms with Gasteiger partial charge in [0.15, 0.2) is 0 Å². The summed E-state index contributed by atoms with van der Waals surface area (Å²) >= 11 is 6.05. The Labute approximate surface area is 135 Å². The lowest BCUT2D eigenvalue weighted by Crippen LogP contribution is -2.28. The number of nitrogens with zero attached hydrogens (tertiary/aromatic N) is 2. The van der Waals surface area contributed by atoms with Gasteiger partial charge in [0, 0.05) is 5.02 Å². The lowest BCUT2D eigenvalue weighted by atomic mass is 9.94. The van der Waals surface area contributed by atoms with Crippen LogP contribution in [-0.4, -0.2) is 16.6 Å². The maximum Gasteiger partial charge on any atom is 0.256 e. The fourth-order valence-corrected chi connectivity index (χ4v) is 3.00. The molecule has 4 heteroatoms. The van der Waals surface area contributed by atoms with Crippen molar-refractivity contribution in [1.82, 2.24) is 5.01 Å². The lowest BCUT2D eigenvalue weighted by molar-refractivity contribution is -0.131. The topological polar surface area (TPSA) is 32.7 Å². The number of halogens is 1. The van der Waals surface area contributed by atoms with E-state index < -0.39 is 0 Å². The van der Waals surface area contributed by atoms with Crippen molar-refractivity contribution < 1.29 is 4.79 Å². The molecule has 22 heavy (non-hydrogen) atoms. The number of hydrogen-bond acceptors (Lipinski definition) is 2. The normalized spacial score (nSPS) is 19.2. The highest BCUT2D eigenvalue weighted by molar-refractivity contribution is 6.30. The molecule has 1 heterocycles. The summed E-state index contributed by atoms with van der Waals surface area (Å²) in [5.74, 6) is -0.279. The predicted molar refractivity (Wildman–Crippen MR) is 89.0 cm³/mol. The Morgan fingerprint density at radius 3 is 2.55 bits per heavy atom. The van der Waals surface area contributed by atoms with Crippen molar-refractivity contribution in [2.45, 2.75) is 25.8 Å². The highest BCUT2D eigenvalue weighted by Crippen LogP contribution is 2.33. The van der Waals surface area contributed by atoms with Gasteiger partial charge >= 0.3 is 0 Å². The second-order valence-electron chi connectivity index (χ2n) is 5.50. The van der Waals surface area contributed by atoms with Gasteiger partial charge in [-0.25, -0.2) is 5.01 Å². The van der Waals surface area contributed by atoms with Crippen LogP contribution in [0.3, 0.4) is 0 Å². The molecule has 2 unspecified atom stereocenters. The SMILES string of the molecule is CC1=NN(C(C)c2cccc(Cl)c2)C(=O)C1c1ccccc1. The zero-order chi connectivity index (χ0) is 15.7. The third-order valence-corrected chi connectivity index (χ3v) is 4.22. The number of amides is 1. The van der Waals surface area contributed by atoms with Crippen LogP contribution in [0, 0.1) is 0 Å². The van der Waals surface area contributed by atoms with E-state index in [4.69, 9.17) is 11.6 Å². The monoisotopic (exact) mass is 312 g/mol. The first-order valence-corrected chi connectivity index (χ1v) is 7.64. The molecule has 112 valence electrons. The van der Waals surface area contributed by atoms with Gasteiger partial charge < -0.3 is 0 Å². The highest BCUT2D eigenvalue weighted by atomic mass is 35.5. The van der Waals surface area contributed by atoms with Crippen molar-refractivity contribution in [3.8, 4) is 0 Å². The van der Waals surface area contributed by atoms with Gasteiger partial charge in [-0.05, 0) is 37.1 Å². The summed E-state index contributed by atoms with van der Waals surface area (Å²) in [6, 6.07) is 17.2. The molecule has 0 fully saturated rings. The molecule has 1 aliphatic rings. The number of carbonyl (C=O) groups is 1. The molecule has 0 saturated carbocycles. The summed E-state index contributed by atoms with van der Waals surface area (Å²) in [6.45, 7) is 3.87. The van der Waals surface area contributed by atoms with Crippen LogP contribution in [0.1, 0.15) is 36.9 Å². The summed E-state index contributed by atoms with van der Waals surface area (Å²) in [4.78, 5) is 12.8. The average molecular weight is 313 g/mol. The third-order valence-electron chi connectivity index (χ3n) is 3.99. The summed E-state index contributed by atoms with van der Waals surface area (Å²) in [5, 5.41) is 6.72. The van der Waals surface area contributed by atoms with Crippen LogP contribution in [0.15, 0.2) is 59.7 Å². The largest absolute Gasteiger partial charge is 0.272 e. The molecule has 0 radical (unpaired) electrons. The van der Waals surface area contributed by atoms with Crippen LogP contribution in [0.5, 0.6) is 0 Å². The van der Waals surface area contributed by atoms with Crippen LogP contribution in [-0.2, 0) is 4.79 Å². The number of hydrazone groups is 1. The molecule has 0 aromatic heterocycles. The highest BCUT2D eigenvalue weighted by Gasteiger charge is 2.37. The van der Waals surface area contributed by atoms with Gasteiger partial charge in [-0.1, -0.05) is 54.1 Å². The fraction of sp³-hybridized carbons (Fsp3) is 0.222. The van der Waals surface area contributed by atoms with Gasteiger partial charge in [-0.15, -0.1) is 0 Å². The molecule has 0 spiro atoms. The van der Waals surface area contributed by atoms with E-state index in [9.17, 15) is 4.79 Å². The van der Waals surface area contributed by atoms with E-state index in [1.807, 2.05) is 68.4 Å². The Balaban J connectivity index is 1.90. The molecule has 0 bridgehead atoms. The lowest BCUT2D eigenvalue weighted by Gasteiger charge is -2.22. The minimum Gasteiger partial charge on any atom is -0.272 e. The van der Waals surface area contributed by atoms with Crippen molar-refractivity contribution >= 4 is 23.2 Å². The molecule has 3 rings (SSSR count). The van der Waals surface area contributed by atoms with Crippen LogP contribution < -0.4 is 0 Å². The number of benzene rings is 2. The predicted octanol–water partition coefficient (Wildman–Crippen LogP) is 4.40. The Bertz CT molecular complexity index is 727. The summed E-state index contributed by atoms with van der Waals surface area (Å²) in [7, 11) is 0. The van der Waals surface area contributed by atoms with Gasteiger partial charge in [0.25, 0.3) is 5.91 Å². The maximum atomic E-state index is 12.8. The fourth-order valence-electron chi connectivity index (χ4n) is 2.80. The Morgan fingerprint density at radius 2 is 1.86 bits per heavy atom. The first-order valence-electron chi connectivity index (χ1n) is 7.26. The second kappa shape index (κ2) is 5.93. The number of carbonyl (C=O) groups excluding carboxylic acids is 1. The van der Waals surface area contributed by atoms with Crippen molar-refractivity contribution in [3.63, 3.8) is 0 Å². The smallest absolute Gasteiger partial charge is 0.256 e. The molecule has 0 saturated heterocycles. The second-order valence-corrected chi connectivity index (χ2v) is 5.94. The van der Waals surface area contributed by atoms with Crippen molar-refractivity contribution in [2.24, 2.45) is 5.10 Å². The van der Waals surface area contributed by atoms with Crippen LogP contribution >= 0.6 is 11.6 Å². The molecular weight excluding hydrogens is 296 g/mol. The van der Waals surface area contributed by atoms with E-state index in [1.54, 1.807) is 5.01 Å². The van der Waals surface area contributed by atoms with Crippen LogP contribution in [0.2, 0.25) is 5.02 Å². The summed E-state index contributed by atoms with van der Waals surface area (Å²) in [6.07, 6.45) is 0. The molecule has 2 aromatic rings. The Kier molecular flexibility index (Phi) is 3.99. The van der Waals surface area contributed by atoms with Gasteiger partial charge in [-0.2, -0.15) is 5.10 Å². The molecule has 0 N–H and O–H groups in total. The molecule has 1 aliphatic heterocycles. The van der Waals surface area contributed by atoms with Crippen molar-refractivity contribution in [3.05, 3.63) is 70.7 Å². The van der Waals surface area contributed by atoms with E-state index in [0.29, 0.717) is 5.02 Å². The first kappa shape index (κ1) is 14.8. The Morgan fingerprint density at radius 1 is 1.14 bits per heavy atom. The van der Waals surface area contributed by atoms with Gasteiger partial charge in [-0.3, -0.25) is 4.79 Å². The minimum atomic E-state index is -0.289. The zero-order valence-electron chi connectivity index (χ0n) is 12.5. The maximum absolute atomic E-state index is 12.8. The molecule has 2 atom stereocenters. The van der Waals surface area contributed by atoms with Gasteiger partial charge in [0.1, 0.15) is 5.92 Å². The molecule has 2 aromatic carbocycles. The van der Waals surface area contributed by atoms with E-state index in [1.165, 1.54) is 0 Å². The van der Waals surface area contributed by atoms with Gasteiger partial charge in [0.05, 0.1) is 11.8 Å². The Hall–Kier alpha value is -2.13.